The normalized spacial score (nSPS) is 15.8. The van der Waals surface area contributed by atoms with Gasteiger partial charge >= 0.3 is 0 Å². The van der Waals surface area contributed by atoms with Crippen LogP contribution in [-0.4, -0.2) is 72.0 Å². The largest absolute Gasteiger partial charge is 0.391 e. The van der Waals surface area contributed by atoms with E-state index in [-0.39, 0.29) is 34.5 Å². The van der Waals surface area contributed by atoms with Gasteiger partial charge < -0.3 is 25.6 Å². The molecule has 1 aliphatic rings. The summed E-state index contributed by atoms with van der Waals surface area (Å²) in [4.78, 5) is 20.8. The maximum absolute atomic E-state index is 13.1. The van der Waals surface area contributed by atoms with Crippen molar-refractivity contribution in [3.05, 3.63) is 87.5 Å². The number of ether oxygens (including phenoxy) is 1. The number of aliphatic hydroxyl groups excluding tert-OH is 1. The second-order valence-electron chi connectivity index (χ2n) is 10.3. The van der Waals surface area contributed by atoms with Gasteiger partial charge in [0.25, 0.3) is 5.56 Å². The monoisotopic (exact) mass is 581 g/mol. The Bertz CT molecular complexity index is 1470. The van der Waals surface area contributed by atoms with Crippen molar-refractivity contribution in [1.82, 2.24) is 14.3 Å². The molecule has 41 heavy (non-hydrogen) atoms. The summed E-state index contributed by atoms with van der Waals surface area (Å²) < 4.78 is 32.6. The molecule has 1 aromatic heterocycles. The van der Waals surface area contributed by atoms with Crippen molar-refractivity contribution >= 4 is 21.6 Å². The Morgan fingerprint density at radius 3 is 2.44 bits per heavy atom. The van der Waals surface area contributed by atoms with Crippen LogP contribution in [0.1, 0.15) is 55.6 Å². The zero-order valence-electron chi connectivity index (χ0n) is 23.6. The van der Waals surface area contributed by atoms with E-state index in [9.17, 15) is 18.3 Å². The minimum Gasteiger partial charge on any atom is -0.391 e. The molecule has 2 atom stereocenters. The van der Waals surface area contributed by atoms with Crippen molar-refractivity contribution in [3.8, 4) is 0 Å². The zero-order chi connectivity index (χ0) is 29.4. The summed E-state index contributed by atoms with van der Waals surface area (Å²) in [6.07, 6.45) is 2.23. The topological polar surface area (TPSA) is 148 Å². The second kappa shape index (κ2) is 14.0. The molecule has 220 valence electrons. The van der Waals surface area contributed by atoms with Crippen molar-refractivity contribution in [2.45, 2.75) is 63.0 Å². The van der Waals surface area contributed by atoms with Crippen LogP contribution in [0.25, 0.3) is 0 Å². The minimum absolute atomic E-state index is 0.152. The number of sulfonamides is 1. The Labute approximate surface area is 241 Å². The molecular formula is C30H39N5O5S. The third-order valence-electron chi connectivity index (χ3n) is 7.25. The van der Waals surface area contributed by atoms with Crippen molar-refractivity contribution in [1.29, 1.82) is 5.41 Å². The van der Waals surface area contributed by atoms with Crippen molar-refractivity contribution < 1.29 is 18.3 Å². The fraction of sp³-hybridized carbons (Fsp3) is 0.433. The molecule has 3 aromatic rings. The van der Waals surface area contributed by atoms with Crippen LogP contribution in [0.3, 0.4) is 0 Å². The average Bonchev–Trinajstić information content (AvgIpc) is 2.97. The first-order valence-electron chi connectivity index (χ1n) is 14.1. The third-order valence-corrected chi connectivity index (χ3v) is 9.17. The standard InChI is InChI=1S/C30H39N5O5S/c1-3-25(31)28-29(32-26(21(2)36)11-7-10-22-8-5-4-6-9-22)33-27(34-30(28)37)20-23-12-14-24(15-13-23)41(38,39)35-16-18-40-19-17-35/h4-6,8-9,12-15,21,26,31,36H,3,7,10-11,16-20H2,1-2H3,(H2,32,33,34,37). The predicted molar refractivity (Wildman–Crippen MR) is 159 cm³/mol. The molecule has 1 aliphatic heterocycles. The van der Waals surface area contributed by atoms with Crippen LogP contribution in [0, 0.1) is 5.41 Å². The van der Waals surface area contributed by atoms with Crippen molar-refractivity contribution in [2.24, 2.45) is 0 Å². The van der Waals surface area contributed by atoms with Gasteiger partial charge in [0, 0.05) is 25.2 Å². The number of aromatic amines is 1. The van der Waals surface area contributed by atoms with E-state index in [1.807, 2.05) is 18.2 Å². The molecule has 1 fully saturated rings. The predicted octanol–water partition coefficient (Wildman–Crippen LogP) is 3.34. The van der Waals surface area contributed by atoms with Gasteiger partial charge in [-0.25, -0.2) is 13.4 Å². The highest BCUT2D eigenvalue weighted by molar-refractivity contribution is 7.89. The lowest BCUT2D eigenvalue weighted by molar-refractivity contribution is 0.0730. The third kappa shape index (κ3) is 7.88. The number of anilines is 1. The van der Waals surface area contributed by atoms with E-state index in [1.54, 1.807) is 38.1 Å². The van der Waals surface area contributed by atoms with Crippen LogP contribution in [-0.2, 0) is 27.6 Å². The number of nitrogens with zero attached hydrogens (tertiary/aromatic N) is 2. The molecule has 0 bridgehead atoms. The lowest BCUT2D eigenvalue weighted by Crippen LogP contribution is -2.40. The number of H-pyrrole nitrogens is 1. The first kappa shape index (κ1) is 30.6. The second-order valence-corrected chi connectivity index (χ2v) is 12.2. The first-order valence-corrected chi connectivity index (χ1v) is 15.5. The van der Waals surface area contributed by atoms with Crippen LogP contribution in [0.5, 0.6) is 0 Å². The van der Waals surface area contributed by atoms with Gasteiger partial charge in [-0.1, -0.05) is 49.4 Å². The van der Waals surface area contributed by atoms with Gasteiger partial charge in [-0.15, -0.1) is 0 Å². The number of nitrogens with one attached hydrogen (secondary N) is 3. The number of aryl methyl sites for hydroxylation is 1. The number of benzene rings is 2. The van der Waals surface area contributed by atoms with E-state index >= 15 is 0 Å². The quantitative estimate of drug-likeness (QED) is 0.226. The zero-order valence-corrected chi connectivity index (χ0v) is 24.4. The smallest absolute Gasteiger partial charge is 0.262 e. The van der Waals surface area contributed by atoms with Gasteiger partial charge in [0.05, 0.1) is 30.3 Å². The summed E-state index contributed by atoms with van der Waals surface area (Å²) in [6, 6.07) is 16.3. The molecule has 2 aromatic carbocycles. The molecule has 11 heteroatoms. The maximum atomic E-state index is 13.1. The lowest BCUT2D eigenvalue weighted by Gasteiger charge is -2.26. The van der Waals surface area contributed by atoms with Gasteiger partial charge in [-0.2, -0.15) is 4.31 Å². The maximum Gasteiger partial charge on any atom is 0.262 e. The summed E-state index contributed by atoms with van der Waals surface area (Å²) in [7, 11) is -3.61. The van der Waals surface area contributed by atoms with Crippen molar-refractivity contribution in [2.75, 3.05) is 31.6 Å². The molecule has 0 spiro atoms. The first-order chi connectivity index (χ1) is 19.7. The van der Waals surface area contributed by atoms with Crippen LogP contribution in [0.2, 0.25) is 0 Å². The van der Waals surface area contributed by atoms with E-state index < -0.39 is 21.7 Å². The Morgan fingerprint density at radius 1 is 1.12 bits per heavy atom. The van der Waals surface area contributed by atoms with Gasteiger partial charge in [-0.3, -0.25) is 4.79 Å². The van der Waals surface area contributed by atoms with Gasteiger partial charge in [-0.05, 0) is 55.9 Å². The summed E-state index contributed by atoms with van der Waals surface area (Å²) in [5.41, 5.74) is 1.87. The van der Waals surface area contributed by atoms with E-state index in [2.05, 4.69) is 27.4 Å². The Balaban J connectivity index is 1.53. The molecule has 4 rings (SSSR count). The van der Waals surface area contributed by atoms with E-state index in [0.717, 1.165) is 18.4 Å². The van der Waals surface area contributed by atoms with Gasteiger partial charge in [0.1, 0.15) is 17.2 Å². The molecule has 2 unspecified atom stereocenters. The number of morpholine rings is 1. The number of aliphatic hydroxyl groups is 1. The molecule has 0 radical (unpaired) electrons. The molecule has 1 saturated heterocycles. The minimum atomic E-state index is -3.61. The molecule has 0 amide bonds. The van der Waals surface area contributed by atoms with Crippen LogP contribution >= 0.6 is 0 Å². The molecular weight excluding hydrogens is 542 g/mol. The average molecular weight is 582 g/mol. The summed E-state index contributed by atoms with van der Waals surface area (Å²) >= 11 is 0. The fourth-order valence-corrected chi connectivity index (χ4v) is 6.26. The highest BCUT2D eigenvalue weighted by Crippen LogP contribution is 2.20. The summed E-state index contributed by atoms with van der Waals surface area (Å²) in [5.74, 6) is 0.648. The fourth-order valence-electron chi connectivity index (χ4n) is 4.85. The lowest BCUT2D eigenvalue weighted by atomic mass is 10.0. The summed E-state index contributed by atoms with van der Waals surface area (Å²) in [5, 5.41) is 22.2. The molecule has 0 aliphatic carbocycles. The van der Waals surface area contributed by atoms with E-state index in [4.69, 9.17) is 10.1 Å². The van der Waals surface area contributed by atoms with Gasteiger partial charge in [0.15, 0.2) is 0 Å². The molecule has 10 nitrogen and oxygen atoms in total. The number of hydrogen-bond donors (Lipinski definition) is 4. The number of hydrogen-bond acceptors (Lipinski definition) is 8. The molecule has 0 saturated carbocycles. The highest BCUT2D eigenvalue weighted by atomic mass is 32.2. The van der Waals surface area contributed by atoms with Crippen LogP contribution in [0.4, 0.5) is 5.82 Å². The van der Waals surface area contributed by atoms with E-state index in [1.165, 1.54) is 9.87 Å². The van der Waals surface area contributed by atoms with Crippen LogP contribution < -0.4 is 10.9 Å². The van der Waals surface area contributed by atoms with Gasteiger partial charge in [0.2, 0.25) is 10.0 Å². The Morgan fingerprint density at radius 2 is 1.80 bits per heavy atom. The SMILES string of the molecule is CCC(=N)c1c(NC(CCCc2ccccc2)C(C)O)nc(Cc2ccc(S(=O)(=O)N3CCOCC3)cc2)[nH]c1=O. The Kier molecular flexibility index (Phi) is 10.4. The number of aromatic nitrogens is 2. The Hall–Kier alpha value is -3.38. The van der Waals surface area contributed by atoms with Crippen LogP contribution in [0.15, 0.2) is 64.3 Å². The number of rotatable bonds is 13. The molecule has 2 heterocycles. The summed E-state index contributed by atoms with van der Waals surface area (Å²) in [6.45, 7) is 4.90. The van der Waals surface area contributed by atoms with E-state index in [0.29, 0.717) is 45.0 Å². The van der Waals surface area contributed by atoms with Crippen molar-refractivity contribution in [3.63, 3.8) is 0 Å². The highest BCUT2D eigenvalue weighted by Gasteiger charge is 2.26. The molecule has 4 N–H and O–H groups in total.